The zero-order valence-corrected chi connectivity index (χ0v) is 22.2. The Kier molecular flexibility index (Phi) is 8.41. The molecule has 1 fully saturated rings. The Bertz CT molecular complexity index is 1320. The number of hydrogen-bond acceptors (Lipinski definition) is 6. The first kappa shape index (κ1) is 26.6. The van der Waals surface area contributed by atoms with Crippen LogP contribution in [0, 0.1) is 0 Å². The summed E-state index contributed by atoms with van der Waals surface area (Å²) >= 11 is 12.3. The minimum Gasteiger partial charge on any atom is -0.356 e. The number of amides is 2. The van der Waals surface area contributed by atoms with Gasteiger partial charge in [0, 0.05) is 44.6 Å². The fourth-order valence-corrected chi connectivity index (χ4v) is 4.45. The molecule has 0 saturated carbocycles. The van der Waals surface area contributed by atoms with E-state index >= 15 is 0 Å². The number of carbonyl (C=O) groups is 3. The number of hydrogen-bond donors (Lipinski definition) is 0. The summed E-state index contributed by atoms with van der Waals surface area (Å²) in [5.74, 6) is -0.451. The quantitative estimate of drug-likeness (QED) is 0.299. The summed E-state index contributed by atoms with van der Waals surface area (Å²) in [6.07, 6.45) is 3.26. The molecule has 0 unspecified atom stereocenters. The second kappa shape index (κ2) is 11.7. The number of nitrogens with zero attached hydrogens (tertiary/aromatic N) is 5. The molecule has 10 heteroatoms. The van der Waals surface area contributed by atoms with Crippen molar-refractivity contribution in [3.8, 4) is 0 Å². The van der Waals surface area contributed by atoms with Crippen LogP contribution in [0.1, 0.15) is 45.8 Å². The van der Waals surface area contributed by atoms with E-state index in [1.165, 1.54) is 9.80 Å². The number of anilines is 2. The number of benzene rings is 2. The number of halogens is 2. The summed E-state index contributed by atoms with van der Waals surface area (Å²) in [7, 11) is 3.31. The average Bonchev–Trinajstić information content (AvgIpc) is 3.44. The minimum atomic E-state index is -0.481. The molecule has 0 spiro atoms. The minimum absolute atomic E-state index is 0.00349. The second-order valence-corrected chi connectivity index (χ2v) is 9.83. The molecule has 0 N–H and O–H groups in total. The summed E-state index contributed by atoms with van der Waals surface area (Å²) in [6, 6.07) is 13.6. The van der Waals surface area contributed by atoms with Gasteiger partial charge in [-0.25, -0.2) is 9.97 Å². The molecule has 1 saturated heterocycles. The largest absolute Gasteiger partial charge is 0.356 e. The first-order valence-electron chi connectivity index (χ1n) is 11.9. The molecule has 0 bridgehead atoms. The van der Waals surface area contributed by atoms with Gasteiger partial charge in [0.05, 0.1) is 23.0 Å². The fourth-order valence-electron chi connectivity index (χ4n) is 4.13. The Balaban J connectivity index is 1.61. The Labute approximate surface area is 225 Å². The maximum atomic E-state index is 13.5. The van der Waals surface area contributed by atoms with E-state index in [4.69, 9.17) is 23.2 Å². The molecule has 2 heterocycles. The molecule has 0 atom stereocenters. The fraction of sp³-hybridized carbons (Fsp3) is 0.296. The predicted octanol–water partition coefficient (Wildman–Crippen LogP) is 4.89. The molecule has 0 aliphatic carbocycles. The van der Waals surface area contributed by atoms with Gasteiger partial charge in [0.15, 0.2) is 5.82 Å². The molecule has 2 aromatic carbocycles. The van der Waals surface area contributed by atoms with Crippen molar-refractivity contribution in [1.29, 1.82) is 0 Å². The first-order chi connectivity index (χ1) is 17.7. The molecule has 8 nitrogen and oxygen atoms in total. The molecule has 1 aliphatic heterocycles. The molecule has 3 aromatic rings. The van der Waals surface area contributed by atoms with Crippen molar-refractivity contribution in [1.82, 2.24) is 14.9 Å². The van der Waals surface area contributed by atoms with Crippen LogP contribution in [-0.2, 0) is 11.3 Å². The van der Waals surface area contributed by atoms with Crippen LogP contribution in [-0.4, -0.2) is 59.7 Å². The van der Waals surface area contributed by atoms with E-state index in [-0.39, 0.29) is 18.3 Å². The van der Waals surface area contributed by atoms with Gasteiger partial charge in [-0.3, -0.25) is 14.4 Å². The van der Waals surface area contributed by atoms with Gasteiger partial charge in [-0.05, 0) is 54.8 Å². The van der Waals surface area contributed by atoms with E-state index in [2.05, 4.69) is 14.9 Å². The summed E-state index contributed by atoms with van der Waals surface area (Å²) in [6.45, 7) is 1.88. The molecular weight excluding hydrogens is 513 g/mol. The third-order valence-electron chi connectivity index (χ3n) is 6.07. The Morgan fingerprint density at radius 1 is 0.973 bits per heavy atom. The zero-order chi connectivity index (χ0) is 26.5. The van der Waals surface area contributed by atoms with Crippen molar-refractivity contribution >= 4 is 52.3 Å². The monoisotopic (exact) mass is 539 g/mol. The lowest BCUT2D eigenvalue weighted by Crippen LogP contribution is -2.33. The third kappa shape index (κ3) is 6.45. The van der Waals surface area contributed by atoms with Crippen LogP contribution in [0.2, 0.25) is 10.0 Å². The van der Waals surface area contributed by atoms with Gasteiger partial charge >= 0.3 is 0 Å². The van der Waals surface area contributed by atoms with Gasteiger partial charge in [0.25, 0.3) is 5.91 Å². The van der Waals surface area contributed by atoms with E-state index in [1.54, 1.807) is 68.8 Å². The van der Waals surface area contributed by atoms with E-state index in [9.17, 15) is 14.4 Å². The zero-order valence-electron chi connectivity index (χ0n) is 20.7. The Hall–Kier alpha value is -3.49. The summed E-state index contributed by atoms with van der Waals surface area (Å²) < 4.78 is 0. The molecule has 0 radical (unpaired) electrons. The second-order valence-electron chi connectivity index (χ2n) is 9.01. The van der Waals surface area contributed by atoms with E-state index in [1.807, 2.05) is 0 Å². The van der Waals surface area contributed by atoms with Crippen LogP contribution in [0.15, 0.2) is 54.7 Å². The summed E-state index contributed by atoms with van der Waals surface area (Å²) in [5.41, 5.74) is 1.61. The lowest BCUT2D eigenvalue weighted by molar-refractivity contribution is -0.117. The highest BCUT2D eigenvalue weighted by Crippen LogP contribution is 2.26. The normalized spacial score (nSPS) is 12.9. The van der Waals surface area contributed by atoms with Crippen LogP contribution < -0.4 is 9.80 Å². The smallest absolute Gasteiger partial charge is 0.253 e. The number of ketones is 1. The van der Waals surface area contributed by atoms with Gasteiger partial charge in [0.1, 0.15) is 5.82 Å². The van der Waals surface area contributed by atoms with Gasteiger partial charge < -0.3 is 14.7 Å². The van der Waals surface area contributed by atoms with Crippen molar-refractivity contribution in [2.45, 2.75) is 25.8 Å². The van der Waals surface area contributed by atoms with Crippen LogP contribution in [0.4, 0.5) is 11.5 Å². The molecular formula is C27H27Cl2N5O3. The van der Waals surface area contributed by atoms with Crippen molar-refractivity contribution in [2.24, 2.45) is 0 Å². The van der Waals surface area contributed by atoms with E-state index in [0.717, 1.165) is 25.9 Å². The first-order valence-corrected chi connectivity index (χ1v) is 12.7. The topological polar surface area (TPSA) is 86.7 Å². The van der Waals surface area contributed by atoms with Crippen LogP contribution >= 0.6 is 23.2 Å². The highest BCUT2D eigenvalue weighted by Gasteiger charge is 2.24. The van der Waals surface area contributed by atoms with Crippen LogP contribution in [0.5, 0.6) is 0 Å². The molecule has 37 heavy (non-hydrogen) atoms. The maximum Gasteiger partial charge on any atom is 0.253 e. The van der Waals surface area contributed by atoms with Crippen molar-refractivity contribution in [3.05, 3.63) is 81.7 Å². The predicted molar refractivity (Wildman–Crippen MR) is 145 cm³/mol. The third-order valence-corrected chi connectivity index (χ3v) is 6.81. The van der Waals surface area contributed by atoms with Crippen molar-refractivity contribution < 1.29 is 14.4 Å². The van der Waals surface area contributed by atoms with E-state index < -0.39 is 18.1 Å². The summed E-state index contributed by atoms with van der Waals surface area (Å²) in [5, 5.41) is 0.749. The summed E-state index contributed by atoms with van der Waals surface area (Å²) in [4.78, 5) is 52.7. The Morgan fingerprint density at radius 2 is 1.73 bits per heavy atom. The van der Waals surface area contributed by atoms with Gasteiger partial charge in [-0.2, -0.15) is 0 Å². The highest BCUT2D eigenvalue weighted by atomic mass is 35.5. The van der Waals surface area contributed by atoms with Crippen molar-refractivity contribution in [2.75, 3.05) is 37.0 Å². The maximum absolute atomic E-state index is 13.5. The number of carbonyl (C=O) groups excluding carboxylic acids is 3. The van der Waals surface area contributed by atoms with E-state index in [0.29, 0.717) is 32.7 Å². The Morgan fingerprint density at radius 3 is 2.43 bits per heavy atom. The molecule has 192 valence electrons. The van der Waals surface area contributed by atoms with Gasteiger partial charge in [-0.15, -0.1) is 0 Å². The molecule has 2 amide bonds. The standard InChI is InChI=1S/C27H27Cl2N5O3/c1-32(2)27(37)19-6-5-7-20(15-19)34(17-18-8-9-21(28)22(29)14-18)25(36)16-23(35)26-30-11-10-24(31-26)33-12-3-4-13-33/h5-11,14-15H,3-4,12-13,16-17H2,1-2H3. The highest BCUT2D eigenvalue weighted by molar-refractivity contribution is 6.42. The van der Waals surface area contributed by atoms with Gasteiger partial charge in [-0.1, -0.05) is 35.3 Å². The lowest BCUT2D eigenvalue weighted by atomic mass is 10.1. The number of Topliss-reactive ketones (excluding diaryl/α,β-unsaturated/α-hetero) is 1. The van der Waals surface area contributed by atoms with Gasteiger partial charge in [0.2, 0.25) is 11.7 Å². The molecule has 1 aromatic heterocycles. The molecule has 4 rings (SSSR count). The number of rotatable bonds is 8. The lowest BCUT2D eigenvalue weighted by Gasteiger charge is -2.24. The number of aromatic nitrogens is 2. The van der Waals surface area contributed by atoms with Crippen LogP contribution in [0.25, 0.3) is 0 Å². The van der Waals surface area contributed by atoms with Crippen LogP contribution in [0.3, 0.4) is 0 Å². The average molecular weight is 540 g/mol. The van der Waals surface area contributed by atoms with Crippen molar-refractivity contribution in [3.63, 3.8) is 0 Å². The molecule has 1 aliphatic rings. The SMILES string of the molecule is CN(C)C(=O)c1cccc(N(Cc2ccc(Cl)c(Cl)c2)C(=O)CC(=O)c2nccc(N3CCCC3)n2)c1.